The first-order valence-electron chi connectivity index (χ1n) is 6.16. The number of benzene rings is 1. The Morgan fingerprint density at radius 3 is 2.18 bits per heavy atom. The van der Waals surface area contributed by atoms with Crippen molar-refractivity contribution in [3.63, 3.8) is 0 Å². The molecule has 0 aromatic heterocycles. The molecule has 1 rings (SSSR count). The zero-order chi connectivity index (χ0) is 12.6. The maximum Gasteiger partial charge on any atom is 0.335 e. The molecule has 0 aliphatic carbocycles. The van der Waals surface area contributed by atoms with Crippen LogP contribution >= 0.6 is 11.8 Å². The standard InChI is InChI=1S/C13H22O2SSi/c1-4-14-17(3,15-5-2)12-11-16-13-9-7-6-8-10-13/h6-10H,4-5,11-12H2,1-3H3. The summed E-state index contributed by atoms with van der Waals surface area (Å²) in [5.74, 6) is 1.06. The fourth-order valence-corrected chi connectivity index (χ4v) is 5.74. The van der Waals surface area contributed by atoms with Crippen molar-refractivity contribution in [2.24, 2.45) is 0 Å². The molecule has 0 saturated carbocycles. The number of thioether (sulfide) groups is 1. The third-order valence-corrected chi connectivity index (χ3v) is 6.80. The van der Waals surface area contributed by atoms with Crippen molar-refractivity contribution in [1.82, 2.24) is 0 Å². The first-order valence-corrected chi connectivity index (χ1v) is 9.67. The van der Waals surface area contributed by atoms with Gasteiger partial charge in [-0.25, -0.2) is 0 Å². The molecule has 0 bridgehead atoms. The van der Waals surface area contributed by atoms with Crippen LogP contribution < -0.4 is 0 Å². The largest absolute Gasteiger partial charge is 0.395 e. The van der Waals surface area contributed by atoms with E-state index in [0.717, 1.165) is 25.0 Å². The van der Waals surface area contributed by atoms with Crippen LogP contribution in [0.15, 0.2) is 35.2 Å². The van der Waals surface area contributed by atoms with Gasteiger partial charge in [-0.3, -0.25) is 0 Å². The fourth-order valence-electron chi connectivity index (χ4n) is 1.67. The summed E-state index contributed by atoms with van der Waals surface area (Å²) in [5, 5.41) is 0. The Morgan fingerprint density at radius 1 is 1.06 bits per heavy atom. The maximum atomic E-state index is 5.81. The van der Waals surface area contributed by atoms with Gasteiger partial charge in [-0.05, 0) is 32.5 Å². The third-order valence-electron chi connectivity index (χ3n) is 2.47. The van der Waals surface area contributed by atoms with Crippen molar-refractivity contribution in [3.05, 3.63) is 30.3 Å². The lowest BCUT2D eigenvalue weighted by Gasteiger charge is -2.25. The van der Waals surface area contributed by atoms with E-state index in [-0.39, 0.29) is 0 Å². The Morgan fingerprint density at radius 2 is 1.65 bits per heavy atom. The molecule has 0 unspecified atom stereocenters. The van der Waals surface area contributed by atoms with Crippen LogP contribution in [-0.4, -0.2) is 27.5 Å². The zero-order valence-electron chi connectivity index (χ0n) is 10.9. The molecule has 1 aromatic rings. The Balaban J connectivity index is 2.37. The second-order valence-electron chi connectivity index (χ2n) is 3.91. The van der Waals surface area contributed by atoms with Gasteiger partial charge in [-0.1, -0.05) is 18.2 Å². The van der Waals surface area contributed by atoms with E-state index in [1.165, 1.54) is 4.90 Å². The SMILES string of the molecule is CCO[Si](C)(CCSc1ccccc1)OCC. The Labute approximate surface area is 110 Å². The van der Waals surface area contributed by atoms with Crippen LogP contribution in [0.1, 0.15) is 13.8 Å². The van der Waals surface area contributed by atoms with Crippen molar-refractivity contribution in [1.29, 1.82) is 0 Å². The van der Waals surface area contributed by atoms with Gasteiger partial charge in [-0.15, -0.1) is 11.8 Å². The maximum absolute atomic E-state index is 5.81. The second-order valence-corrected chi connectivity index (χ2v) is 8.42. The average Bonchev–Trinajstić information content (AvgIpc) is 2.31. The monoisotopic (exact) mass is 270 g/mol. The predicted octanol–water partition coefficient (Wildman–Crippen LogP) is 3.92. The number of hydrogen-bond donors (Lipinski definition) is 0. The number of hydrogen-bond acceptors (Lipinski definition) is 3. The first kappa shape index (κ1) is 14.8. The van der Waals surface area contributed by atoms with E-state index in [0.29, 0.717) is 0 Å². The molecule has 17 heavy (non-hydrogen) atoms. The summed E-state index contributed by atoms with van der Waals surface area (Å²) in [5.41, 5.74) is 0. The highest BCUT2D eigenvalue weighted by Crippen LogP contribution is 2.23. The normalized spacial score (nSPS) is 11.7. The summed E-state index contributed by atoms with van der Waals surface area (Å²) in [4.78, 5) is 1.32. The molecule has 1 aromatic carbocycles. The van der Waals surface area contributed by atoms with E-state index in [9.17, 15) is 0 Å². The minimum Gasteiger partial charge on any atom is -0.395 e. The van der Waals surface area contributed by atoms with Crippen molar-refractivity contribution in [3.8, 4) is 0 Å². The zero-order valence-corrected chi connectivity index (χ0v) is 12.8. The highest BCUT2D eigenvalue weighted by atomic mass is 32.2. The topological polar surface area (TPSA) is 18.5 Å². The average molecular weight is 270 g/mol. The molecule has 0 saturated heterocycles. The van der Waals surface area contributed by atoms with Gasteiger partial charge < -0.3 is 8.85 Å². The van der Waals surface area contributed by atoms with E-state index in [2.05, 4.69) is 30.8 Å². The summed E-state index contributed by atoms with van der Waals surface area (Å²) >= 11 is 1.87. The minimum atomic E-state index is -1.92. The van der Waals surface area contributed by atoms with Crippen LogP contribution in [0, 0.1) is 0 Å². The summed E-state index contributed by atoms with van der Waals surface area (Å²) < 4.78 is 11.6. The fraction of sp³-hybridized carbons (Fsp3) is 0.538. The van der Waals surface area contributed by atoms with Crippen LogP contribution in [0.5, 0.6) is 0 Å². The molecular formula is C13H22O2SSi. The second kappa shape index (κ2) is 7.92. The van der Waals surface area contributed by atoms with Gasteiger partial charge in [0.25, 0.3) is 0 Å². The molecule has 96 valence electrons. The molecule has 0 radical (unpaired) electrons. The van der Waals surface area contributed by atoms with E-state index >= 15 is 0 Å². The minimum absolute atomic E-state index is 0.749. The smallest absolute Gasteiger partial charge is 0.335 e. The molecule has 2 nitrogen and oxygen atoms in total. The van der Waals surface area contributed by atoms with Gasteiger partial charge in [0.05, 0.1) is 0 Å². The van der Waals surface area contributed by atoms with Gasteiger partial charge in [0, 0.05) is 29.9 Å². The molecular weight excluding hydrogens is 248 g/mol. The third kappa shape index (κ3) is 5.72. The molecule has 0 atom stereocenters. The molecule has 4 heteroatoms. The van der Waals surface area contributed by atoms with E-state index in [1.807, 2.05) is 31.7 Å². The van der Waals surface area contributed by atoms with Gasteiger partial charge in [0.15, 0.2) is 0 Å². The summed E-state index contributed by atoms with van der Waals surface area (Å²) in [6.45, 7) is 7.73. The Hall–Kier alpha value is -0.293. The van der Waals surface area contributed by atoms with Gasteiger partial charge in [0.1, 0.15) is 0 Å². The molecule has 0 aliphatic heterocycles. The Bertz CT molecular complexity index is 300. The van der Waals surface area contributed by atoms with Crippen LogP contribution in [0.3, 0.4) is 0 Å². The lowest BCUT2D eigenvalue weighted by atomic mass is 10.4. The molecule has 0 amide bonds. The van der Waals surface area contributed by atoms with E-state index in [1.54, 1.807) is 0 Å². The van der Waals surface area contributed by atoms with E-state index < -0.39 is 8.56 Å². The van der Waals surface area contributed by atoms with Crippen LogP contribution in [-0.2, 0) is 8.85 Å². The molecule has 0 N–H and O–H groups in total. The lowest BCUT2D eigenvalue weighted by Crippen LogP contribution is -2.39. The van der Waals surface area contributed by atoms with Crippen LogP contribution in [0.4, 0.5) is 0 Å². The van der Waals surface area contributed by atoms with E-state index in [4.69, 9.17) is 8.85 Å². The predicted molar refractivity (Wildman–Crippen MR) is 76.8 cm³/mol. The summed E-state index contributed by atoms with van der Waals surface area (Å²) in [6, 6.07) is 11.5. The van der Waals surface area contributed by atoms with Crippen molar-refractivity contribution < 1.29 is 8.85 Å². The van der Waals surface area contributed by atoms with Gasteiger partial charge in [0.2, 0.25) is 0 Å². The summed E-state index contributed by atoms with van der Waals surface area (Å²) in [6.07, 6.45) is 0. The summed E-state index contributed by atoms with van der Waals surface area (Å²) in [7, 11) is -1.92. The first-order chi connectivity index (χ1) is 8.20. The quantitative estimate of drug-likeness (QED) is 0.527. The van der Waals surface area contributed by atoms with Crippen LogP contribution in [0.25, 0.3) is 0 Å². The highest BCUT2D eigenvalue weighted by molar-refractivity contribution is 7.99. The molecule has 0 spiro atoms. The lowest BCUT2D eigenvalue weighted by molar-refractivity contribution is 0.190. The van der Waals surface area contributed by atoms with Gasteiger partial charge >= 0.3 is 8.56 Å². The van der Waals surface area contributed by atoms with Crippen molar-refractivity contribution in [2.45, 2.75) is 31.3 Å². The van der Waals surface area contributed by atoms with Crippen molar-refractivity contribution in [2.75, 3.05) is 19.0 Å². The van der Waals surface area contributed by atoms with Crippen LogP contribution in [0.2, 0.25) is 12.6 Å². The molecule has 0 fully saturated rings. The van der Waals surface area contributed by atoms with Gasteiger partial charge in [-0.2, -0.15) is 0 Å². The molecule has 0 heterocycles. The Kier molecular flexibility index (Phi) is 6.88. The highest BCUT2D eigenvalue weighted by Gasteiger charge is 2.29. The molecule has 0 aliphatic rings. The number of rotatable bonds is 8. The van der Waals surface area contributed by atoms with Crippen molar-refractivity contribution >= 4 is 20.3 Å².